The summed E-state index contributed by atoms with van der Waals surface area (Å²) in [7, 11) is 0. The van der Waals surface area contributed by atoms with Crippen LogP contribution >= 0.6 is 11.8 Å². The van der Waals surface area contributed by atoms with Gasteiger partial charge in [0.15, 0.2) is 0 Å². The van der Waals surface area contributed by atoms with Crippen molar-refractivity contribution in [1.82, 2.24) is 4.90 Å². The fourth-order valence-electron chi connectivity index (χ4n) is 2.24. The van der Waals surface area contributed by atoms with Crippen LogP contribution in [0.25, 0.3) is 0 Å². The number of thioether (sulfide) groups is 1. The zero-order chi connectivity index (χ0) is 12.6. The number of aliphatic hydroxyl groups is 1. The Bertz CT molecular complexity index is 334. The van der Waals surface area contributed by atoms with Gasteiger partial charge in [0, 0.05) is 30.6 Å². The van der Waals surface area contributed by atoms with E-state index >= 15 is 0 Å². The van der Waals surface area contributed by atoms with E-state index in [9.17, 15) is 0 Å². The molecule has 3 nitrogen and oxygen atoms in total. The van der Waals surface area contributed by atoms with E-state index in [1.54, 1.807) is 0 Å². The molecule has 1 unspecified atom stereocenters. The highest BCUT2D eigenvalue weighted by atomic mass is 32.2. The van der Waals surface area contributed by atoms with Crippen molar-refractivity contribution in [3.05, 3.63) is 35.9 Å². The number of benzene rings is 1. The summed E-state index contributed by atoms with van der Waals surface area (Å²) in [5, 5.41) is 8.69. The molecule has 0 radical (unpaired) electrons. The van der Waals surface area contributed by atoms with Gasteiger partial charge in [-0.25, -0.2) is 0 Å². The molecule has 1 aliphatic rings. The Morgan fingerprint density at radius 3 is 2.89 bits per heavy atom. The molecule has 1 aliphatic heterocycles. The third-order valence-corrected chi connectivity index (χ3v) is 4.20. The van der Waals surface area contributed by atoms with Crippen LogP contribution in [0.5, 0.6) is 0 Å². The summed E-state index contributed by atoms with van der Waals surface area (Å²) in [5.41, 5.74) is 1.40. The minimum absolute atomic E-state index is 0.109. The SMILES string of the molecule is OCCOCCN1CCSCC1c1ccccc1. The molecule has 0 aromatic heterocycles. The summed E-state index contributed by atoms with van der Waals surface area (Å²) in [6.45, 7) is 3.32. The van der Waals surface area contributed by atoms with Crippen molar-refractivity contribution in [2.24, 2.45) is 0 Å². The molecule has 0 saturated carbocycles. The van der Waals surface area contributed by atoms with Crippen LogP contribution in [-0.2, 0) is 4.74 Å². The van der Waals surface area contributed by atoms with Gasteiger partial charge in [0.1, 0.15) is 0 Å². The number of aliphatic hydroxyl groups excluding tert-OH is 1. The van der Waals surface area contributed by atoms with Gasteiger partial charge in [-0.2, -0.15) is 11.8 Å². The lowest BCUT2D eigenvalue weighted by Gasteiger charge is -2.35. The molecule has 0 amide bonds. The van der Waals surface area contributed by atoms with Crippen molar-refractivity contribution >= 4 is 11.8 Å². The molecule has 1 aromatic rings. The van der Waals surface area contributed by atoms with E-state index in [1.807, 2.05) is 11.8 Å². The zero-order valence-electron chi connectivity index (χ0n) is 10.6. The van der Waals surface area contributed by atoms with E-state index in [1.165, 1.54) is 11.3 Å². The minimum Gasteiger partial charge on any atom is -0.394 e. The van der Waals surface area contributed by atoms with Gasteiger partial charge in [0.25, 0.3) is 0 Å². The lowest BCUT2D eigenvalue weighted by Crippen LogP contribution is -2.38. The molecule has 18 heavy (non-hydrogen) atoms. The van der Waals surface area contributed by atoms with Gasteiger partial charge < -0.3 is 9.84 Å². The molecule has 1 atom stereocenters. The van der Waals surface area contributed by atoms with Gasteiger partial charge in [-0.05, 0) is 5.56 Å². The molecule has 2 rings (SSSR count). The summed E-state index contributed by atoms with van der Waals surface area (Å²) < 4.78 is 5.37. The van der Waals surface area contributed by atoms with E-state index in [4.69, 9.17) is 9.84 Å². The van der Waals surface area contributed by atoms with Gasteiger partial charge in [-0.1, -0.05) is 30.3 Å². The quantitative estimate of drug-likeness (QED) is 0.797. The number of hydrogen-bond donors (Lipinski definition) is 1. The van der Waals surface area contributed by atoms with Crippen LogP contribution in [0.4, 0.5) is 0 Å². The molecule has 0 bridgehead atoms. The van der Waals surface area contributed by atoms with Crippen molar-refractivity contribution < 1.29 is 9.84 Å². The fourth-order valence-corrected chi connectivity index (χ4v) is 3.39. The number of ether oxygens (including phenoxy) is 1. The molecule has 1 fully saturated rings. The molecule has 1 heterocycles. The molecule has 1 saturated heterocycles. The minimum atomic E-state index is 0.109. The van der Waals surface area contributed by atoms with Crippen LogP contribution in [0.1, 0.15) is 11.6 Å². The lowest BCUT2D eigenvalue weighted by molar-refractivity contribution is 0.0663. The van der Waals surface area contributed by atoms with Crippen LogP contribution in [-0.4, -0.2) is 54.4 Å². The highest BCUT2D eigenvalue weighted by Gasteiger charge is 2.23. The van der Waals surface area contributed by atoms with Crippen LogP contribution < -0.4 is 0 Å². The van der Waals surface area contributed by atoms with Crippen molar-refractivity contribution in [3.63, 3.8) is 0 Å². The average molecular weight is 267 g/mol. The monoisotopic (exact) mass is 267 g/mol. The van der Waals surface area contributed by atoms with E-state index in [0.717, 1.165) is 18.8 Å². The molecule has 0 aliphatic carbocycles. The van der Waals surface area contributed by atoms with Crippen LogP contribution in [0, 0.1) is 0 Å². The predicted octanol–water partition coefficient (Wildman–Crippen LogP) is 1.79. The maximum Gasteiger partial charge on any atom is 0.0698 e. The van der Waals surface area contributed by atoms with Crippen molar-refractivity contribution in [1.29, 1.82) is 0 Å². The van der Waals surface area contributed by atoms with Crippen molar-refractivity contribution in [2.45, 2.75) is 6.04 Å². The third kappa shape index (κ3) is 3.99. The first-order valence-corrected chi connectivity index (χ1v) is 7.62. The second kappa shape index (κ2) is 7.79. The van der Waals surface area contributed by atoms with E-state index in [-0.39, 0.29) is 6.61 Å². The van der Waals surface area contributed by atoms with Gasteiger partial charge >= 0.3 is 0 Å². The smallest absolute Gasteiger partial charge is 0.0698 e. The number of rotatable bonds is 6. The van der Waals surface area contributed by atoms with E-state index in [0.29, 0.717) is 19.3 Å². The Labute approximate surface area is 113 Å². The maximum absolute atomic E-state index is 8.69. The molecular weight excluding hydrogens is 246 g/mol. The molecule has 0 spiro atoms. The second-order valence-corrected chi connectivity index (χ2v) is 5.52. The first-order valence-electron chi connectivity index (χ1n) is 6.47. The van der Waals surface area contributed by atoms with Crippen LogP contribution in [0.15, 0.2) is 30.3 Å². The highest BCUT2D eigenvalue weighted by Crippen LogP contribution is 2.28. The first-order chi connectivity index (χ1) is 8.92. The summed E-state index contributed by atoms with van der Waals surface area (Å²) in [5.74, 6) is 2.35. The molecule has 4 heteroatoms. The normalized spacial score (nSPS) is 21.1. The summed E-state index contributed by atoms with van der Waals surface area (Å²) in [4.78, 5) is 2.49. The standard InChI is InChI=1S/C14H21NO2S/c16-8-10-17-9-6-15-7-11-18-12-14(15)13-4-2-1-3-5-13/h1-5,14,16H,6-12H2. The second-order valence-electron chi connectivity index (χ2n) is 4.37. The van der Waals surface area contributed by atoms with Crippen LogP contribution in [0.3, 0.4) is 0 Å². The maximum atomic E-state index is 8.69. The largest absolute Gasteiger partial charge is 0.394 e. The summed E-state index contributed by atoms with van der Waals surface area (Å²) >= 11 is 2.02. The van der Waals surface area contributed by atoms with E-state index < -0.39 is 0 Å². The Hall–Kier alpha value is -0.550. The Morgan fingerprint density at radius 2 is 2.11 bits per heavy atom. The first kappa shape index (κ1) is 13.9. The molecule has 1 aromatic carbocycles. The molecule has 100 valence electrons. The predicted molar refractivity (Wildman–Crippen MR) is 76.0 cm³/mol. The van der Waals surface area contributed by atoms with Crippen molar-refractivity contribution in [3.8, 4) is 0 Å². The lowest BCUT2D eigenvalue weighted by atomic mass is 10.1. The van der Waals surface area contributed by atoms with Gasteiger partial charge in [-0.3, -0.25) is 4.90 Å². The zero-order valence-corrected chi connectivity index (χ0v) is 11.4. The summed E-state index contributed by atoms with van der Waals surface area (Å²) in [6.07, 6.45) is 0. The van der Waals surface area contributed by atoms with E-state index in [2.05, 4.69) is 35.2 Å². The Balaban J connectivity index is 1.90. The molecule has 1 N–H and O–H groups in total. The van der Waals surface area contributed by atoms with Crippen molar-refractivity contribution in [2.75, 3.05) is 44.4 Å². The highest BCUT2D eigenvalue weighted by molar-refractivity contribution is 7.99. The van der Waals surface area contributed by atoms with Gasteiger partial charge in [0.05, 0.1) is 19.8 Å². The van der Waals surface area contributed by atoms with Crippen LogP contribution in [0.2, 0.25) is 0 Å². The fraction of sp³-hybridized carbons (Fsp3) is 0.571. The number of nitrogens with zero attached hydrogens (tertiary/aromatic N) is 1. The average Bonchev–Trinajstić information content (AvgIpc) is 2.45. The number of hydrogen-bond acceptors (Lipinski definition) is 4. The topological polar surface area (TPSA) is 32.7 Å². The van der Waals surface area contributed by atoms with Gasteiger partial charge in [0.2, 0.25) is 0 Å². The van der Waals surface area contributed by atoms with Gasteiger partial charge in [-0.15, -0.1) is 0 Å². The summed E-state index contributed by atoms with van der Waals surface area (Å²) in [6, 6.07) is 11.2. The molecular formula is C14H21NO2S. The Morgan fingerprint density at radius 1 is 1.28 bits per heavy atom. The Kier molecular flexibility index (Phi) is 6.00. The third-order valence-electron chi connectivity index (χ3n) is 3.18.